The average Bonchev–Trinajstić information content (AvgIpc) is 2.69. The van der Waals surface area contributed by atoms with Crippen LogP contribution in [0.1, 0.15) is 5.56 Å². The number of nitro groups is 1. The molecular weight excluding hydrogens is 224 g/mol. The summed E-state index contributed by atoms with van der Waals surface area (Å²) in [7, 11) is 0. The molecule has 2 heterocycles. The maximum absolute atomic E-state index is 11.7. The summed E-state index contributed by atoms with van der Waals surface area (Å²) in [6, 6.07) is 4.29. The number of rotatable bonds is 1. The highest BCUT2D eigenvalue weighted by Gasteiger charge is 2.22. The molecule has 1 aliphatic heterocycles. The number of nitro benzene ring substituents is 1. The van der Waals surface area contributed by atoms with Gasteiger partial charge >= 0.3 is 0 Å². The molecule has 0 atom stereocenters. The summed E-state index contributed by atoms with van der Waals surface area (Å²) < 4.78 is 6.77. The molecule has 3 rings (SSSR count). The van der Waals surface area contributed by atoms with Gasteiger partial charge in [-0.1, -0.05) is 0 Å². The third-order valence-corrected chi connectivity index (χ3v) is 2.92. The van der Waals surface area contributed by atoms with E-state index in [1.54, 1.807) is 6.92 Å². The number of ether oxygens (including phenoxy) is 1. The molecule has 2 aromatic rings. The van der Waals surface area contributed by atoms with Gasteiger partial charge in [0.25, 0.3) is 11.2 Å². The Balaban J connectivity index is 2.51. The van der Waals surface area contributed by atoms with Crippen LogP contribution in [0.3, 0.4) is 0 Å². The first kappa shape index (κ1) is 9.83. The molecule has 86 valence electrons. The standard InChI is InChI=1S/C11H8N2O4/c1-6-2-10(14)12-5-17-9-4-7(13(15)16)3-8(6)11(9)12/h2-4H,5H2,1H3. The van der Waals surface area contributed by atoms with Crippen molar-refractivity contribution in [2.24, 2.45) is 0 Å². The number of benzene rings is 1. The van der Waals surface area contributed by atoms with Crippen LogP contribution in [0.4, 0.5) is 5.69 Å². The molecule has 0 spiro atoms. The summed E-state index contributed by atoms with van der Waals surface area (Å²) in [4.78, 5) is 22.0. The quantitative estimate of drug-likeness (QED) is 0.552. The molecule has 0 saturated carbocycles. The highest BCUT2D eigenvalue weighted by atomic mass is 16.6. The van der Waals surface area contributed by atoms with Gasteiger partial charge in [-0.25, -0.2) is 0 Å². The topological polar surface area (TPSA) is 74.4 Å². The fourth-order valence-electron chi connectivity index (χ4n) is 2.10. The van der Waals surface area contributed by atoms with E-state index in [1.807, 2.05) is 0 Å². The molecular formula is C11H8N2O4. The predicted octanol–water partition coefficient (Wildman–Crippen LogP) is 1.57. The molecule has 0 saturated heterocycles. The summed E-state index contributed by atoms with van der Waals surface area (Å²) in [5, 5.41) is 11.5. The first-order valence-corrected chi connectivity index (χ1v) is 5.03. The number of hydrogen-bond donors (Lipinski definition) is 0. The van der Waals surface area contributed by atoms with Crippen LogP contribution in [0.25, 0.3) is 10.9 Å². The molecule has 1 aromatic heterocycles. The minimum absolute atomic E-state index is 0.0253. The molecule has 6 heteroatoms. The molecule has 0 aliphatic carbocycles. The van der Waals surface area contributed by atoms with E-state index in [-0.39, 0.29) is 18.0 Å². The minimum Gasteiger partial charge on any atom is -0.470 e. The Morgan fingerprint density at radius 2 is 2.18 bits per heavy atom. The maximum Gasteiger partial charge on any atom is 0.273 e. The molecule has 0 radical (unpaired) electrons. The second-order valence-corrected chi connectivity index (χ2v) is 3.96. The zero-order valence-corrected chi connectivity index (χ0v) is 8.97. The third-order valence-electron chi connectivity index (χ3n) is 2.92. The second kappa shape index (κ2) is 3.07. The second-order valence-electron chi connectivity index (χ2n) is 3.96. The van der Waals surface area contributed by atoms with Gasteiger partial charge in [0.05, 0.1) is 16.5 Å². The van der Waals surface area contributed by atoms with Gasteiger partial charge in [-0.3, -0.25) is 19.5 Å². The normalized spacial score (nSPS) is 12.8. The van der Waals surface area contributed by atoms with Crippen LogP contribution in [0, 0.1) is 17.0 Å². The van der Waals surface area contributed by atoms with Crippen LogP contribution in [-0.4, -0.2) is 9.49 Å². The van der Waals surface area contributed by atoms with Crippen molar-refractivity contribution >= 4 is 16.6 Å². The Kier molecular flexibility index (Phi) is 1.77. The lowest BCUT2D eigenvalue weighted by Gasteiger charge is -2.03. The van der Waals surface area contributed by atoms with Crippen LogP contribution in [0.5, 0.6) is 5.75 Å². The van der Waals surface area contributed by atoms with E-state index in [0.717, 1.165) is 5.56 Å². The van der Waals surface area contributed by atoms with Crippen molar-refractivity contribution in [2.75, 3.05) is 0 Å². The van der Waals surface area contributed by atoms with Crippen molar-refractivity contribution in [3.8, 4) is 5.75 Å². The van der Waals surface area contributed by atoms with E-state index in [1.165, 1.54) is 22.8 Å². The molecule has 17 heavy (non-hydrogen) atoms. The molecule has 1 aliphatic rings. The zero-order valence-electron chi connectivity index (χ0n) is 8.97. The number of aryl methyl sites for hydroxylation is 1. The van der Waals surface area contributed by atoms with Gasteiger partial charge in [-0.2, -0.15) is 0 Å². The van der Waals surface area contributed by atoms with Crippen molar-refractivity contribution in [3.63, 3.8) is 0 Å². The molecule has 0 N–H and O–H groups in total. The van der Waals surface area contributed by atoms with Gasteiger partial charge in [-0.05, 0) is 12.5 Å². The largest absolute Gasteiger partial charge is 0.470 e. The summed E-state index contributed by atoms with van der Waals surface area (Å²) in [5.74, 6) is 0.398. The highest BCUT2D eigenvalue weighted by Crippen LogP contribution is 2.35. The molecule has 0 fully saturated rings. The van der Waals surface area contributed by atoms with E-state index in [4.69, 9.17) is 4.74 Å². The van der Waals surface area contributed by atoms with E-state index in [0.29, 0.717) is 16.7 Å². The molecule has 1 aromatic carbocycles. The zero-order chi connectivity index (χ0) is 12.2. The van der Waals surface area contributed by atoms with Crippen LogP contribution in [0.15, 0.2) is 23.0 Å². The first-order valence-electron chi connectivity index (χ1n) is 5.03. The lowest BCUT2D eigenvalue weighted by Crippen LogP contribution is -2.18. The van der Waals surface area contributed by atoms with E-state index in [2.05, 4.69) is 0 Å². The molecule has 0 amide bonds. The Bertz CT molecular complexity index is 717. The van der Waals surface area contributed by atoms with E-state index in [9.17, 15) is 14.9 Å². The Morgan fingerprint density at radius 3 is 2.88 bits per heavy atom. The van der Waals surface area contributed by atoms with Crippen molar-refractivity contribution in [3.05, 3.63) is 44.2 Å². The number of non-ortho nitro benzene ring substituents is 1. The van der Waals surface area contributed by atoms with Gasteiger partial charge in [0.1, 0.15) is 0 Å². The summed E-state index contributed by atoms with van der Waals surface area (Å²) in [6.45, 7) is 1.87. The third kappa shape index (κ3) is 1.24. The number of hydrogen-bond acceptors (Lipinski definition) is 4. The van der Waals surface area contributed by atoms with Crippen molar-refractivity contribution < 1.29 is 9.66 Å². The summed E-state index contributed by atoms with van der Waals surface area (Å²) in [5.41, 5.74) is 1.18. The van der Waals surface area contributed by atoms with Crippen LogP contribution in [0.2, 0.25) is 0 Å². The fourth-order valence-corrected chi connectivity index (χ4v) is 2.10. The van der Waals surface area contributed by atoms with Crippen molar-refractivity contribution in [1.29, 1.82) is 0 Å². The summed E-state index contributed by atoms with van der Waals surface area (Å²) >= 11 is 0. The van der Waals surface area contributed by atoms with Gasteiger partial charge in [-0.15, -0.1) is 0 Å². The SMILES string of the molecule is Cc1cc(=O)n2c3c(cc([N+](=O)[O-])cc13)OC2. The minimum atomic E-state index is -0.466. The Labute approximate surface area is 95.2 Å². The Morgan fingerprint density at radius 1 is 1.41 bits per heavy atom. The smallest absolute Gasteiger partial charge is 0.273 e. The van der Waals surface area contributed by atoms with E-state index >= 15 is 0 Å². The van der Waals surface area contributed by atoms with Gasteiger partial charge < -0.3 is 4.74 Å². The van der Waals surface area contributed by atoms with Crippen LogP contribution in [-0.2, 0) is 6.73 Å². The average molecular weight is 232 g/mol. The monoisotopic (exact) mass is 232 g/mol. The fraction of sp³-hybridized carbons (Fsp3) is 0.182. The van der Waals surface area contributed by atoms with Crippen LogP contribution >= 0.6 is 0 Å². The maximum atomic E-state index is 11.7. The number of pyridine rings is 1. The van der Waals surface area contributed by atoms with Gasteiger partial charge in [0.2, 0.25) is 0 Å². The Hall–Kier alpha value is -2.37. The first-order chi connectivity index (χ1) is 8.08. The van der Waals surface area contributed by atoms with Crippen molar-refractivity contribution in [1.82, 2.24) is 4.57 Å². The lowest BCUT2D eigenvalue weighted by atomic mass is 10.1. The molecule has 0 unspecified atom stereocenters. The summed E-state index contributed by atoms with van der Waals surface area (Å²) in [6.07, 6.45) is 0. The highest BCUT2D eigenvalue weighted by molar-refractivity contribution is 5.90. The number of nitrogens with zero attached hydrogens (tertiary/aromatic N) is 2. The number of aromatic nitrogens is 1. The lowest BCUT2D eigenvalue weighted by molar-refractivity contribution is -0.384. The molecule has 0 bridgehead atoms. The van der Waals surface area contributed by atoms with Crippen molar-refractivity contribution in [2.45, 2.75) is 13.7 Å². The van der Waals surface area contributed by atoms with E-state index < -0.39 is 4.92 Å². The van der Waals surface area contributed by atoms with Gasteiger partial charge in [0, 0.05) is 17.5 Å². The molecule has 6 nitrogen and oxygen atoms in total. The predicted molar refractivity (Wildman–Crippen MR) is 60.2 cm³/mol. The van der Waals surface area contributed by atoms with Crippen LogP contribution < -0.4 is 10.3 Å². The van der Waals surface area contributed by atoms with Gasteiger partial charge in [0.15, 0.2) is 12.5 Å².